The molecule has 0 heterocycles. The van der Waals surface area contributed by atoms with Crippen LogP contribution >= 0.6 is 22.1 Å². The van der Waals surface area contributed by atoms with E-state index in [1.54, 1.807) is 0 Å². The predicted molar refractivity (Wildman–Crippen MR) is 50.4 cm³/mol. The van der Waals surface area contributed by atoms with Gasteiger partial charge in [0.25, 0.3) is 0 Å². The average molecular weight is 173 g/mol. The minimum Gasteiger partial charge on any atom is -0.165 e. The van der Waals surface area contributed by atoms with Gasteiger partial charge in [-0.2, -0.15) is 10.5 Å². The van der Waals surface area contributed by atoms with Crippen LogP contribution in [0.2, 0.25) is 5.02 Å². The third-order valence-electron chi connectivity index (χ3n) is 1.20. The quantitative estimate of drug-likeness (QED) is 0.572. The van der Waals surface area contributed by atoms with Crippen molar-refractivity contribution < 1.29 is 0 Å². The molecule has 0 aromatic heterocycles. The van der Waals surface area contributed by atoms with E-state index in [1.165, 1.54) is 4.90 Å². The Balaban J connectivity index is 3.07. The van der Waals surface area contributed by atoms with Gasteiger partial charge in [-0.05, 0) is 24.5 Å². The van der Waals surface area contributed by atoms with Gasteiger partial charge < -0.3 is 0 Å². The zero-order valence-corrected chi connectivity index (χ0v) is 7.38. The molecule has 1 rings (SSSR count). The van der Waals surface area contributed by atoms with E-state index in [0.717, 1.165) is 5.02 Å². The van der Waals surface area contributed by atoms with Crippen molar-refractivity contribution in [2.75, 3.05) is 6.26 Å². The second-order valence-electron chi connectivity index (χ2n) is 2.09. The van der Waals surface area contributed by atoms with Crippen LogP contribution in [0, 0.1) is 0 Å². The Morgan fingerprint density at radius 2 is 2.20 bits per heavy atom. The molecule has 0 saturated heterocycles. The molecule has 0 bridgehead atoms. The van der Waals surface area contributed by atoms with Crippen molar-refractivity contribution in [3.63, 3.8) is 0 Å². The highest BCUT2D eigenvalue weighted by molar-refractivity contribution is 8.13. The van der Waals surface area contributed by atoms with E-state index >= 15 is 0 Å². The molecule has 1 aromatic rings. The van der Waals surface area contributed by atoms with Crippen molar-refractivity contribution in [1.82, 2.24) is 0 Å². The van der Waals surface area contributed by atoms with Crippen molar-refractivity contribution >= 4 is 28.0 Å². The minimum absolute atomic E-state index is 0.0763. The van der Waals surface area contributed by atoms with E-state index in [-0.39, 0.29) is 10.5 Å². The molecular formula is C8H9ClS. The number of halogens is 1. The number of hydrogen-bond donors (Lipinski definition) is 0. The van der Waals surface area contributed by atoms with Gasteiger partial charge in [0.05, 0.1) is 0 Å². The van der Waals surface area contributed by atoms with Crippen LogP contribution in [0.15, 0.2) is 29.2 Å². The fraction of sp³-hybridized carbons (Fsp3) is 0.125. The van der Waals surface area contributed by atoms with Gasteiger partial charge in [0.1, 0.15) is 0 Å². The standard InChI is InChI=1S/C8H9ClS/c1-10(2)8-5-3-4-7(9)6-8/h3-6H,1H2,2H3. The smallest absolute Gasteiger partial charge is 0.0416 e. The molecule has 1 atom stereocenters. The topological polar surface area (TPSA) is 0 Å². The minimum atomic E-state index is 0.0763. The molecule has 0 aliphatic heterocycles. The third-order valence-corrected chi connectivity index (χ3v) is 2.49. The first kappa shape index (κ1) is 7.83. The molecule has 0 N–H and O–H groups in total. The summed E-state index contributed by atoms with van der Waals surface area (Å²) >= 11 is 5.77. The van der Waals surface area contributed by atoms with Gasteiger partial charge in [-0.3, -0.25) is 0 Å². The fourth-order valence-corrected chi connectivity index (χ4v) is 1.58. The molecule has 1 aromatic carbocycles. The van der Waals surface area contributed by atoms with Gasteiger partial charge in [-0.15, -0.1) is 0 Å². The normalized spacial score (nSPS) is 13.0. The Labute approximate surface area is 68.8 Å². The van der Waals surface area contributed by atoms with Crippen LogP contribution in [0.5, 0.6) is 0 Å². The van der Waals surface area contributed by atoms with E-state index in [2.05, 4.69) is 12.1 Å². The van der Waals surface area contributed by atoms with Gasteiger partial charge in [0.2, 0.25) is 0 Å². The number of benzene rings is 1. The summed E-state index contributed by atoms with van der Waals surface area (Å²) in [5.74, 6) is 3.92. The largest absolute Gasteiger partial charge is 0.165 e. The second kappa shape index (κ2) is 3.22. The van der Waals surface area contributed by atoms with Gasteiger partial charge in [0, 0.05) is 9.92 Å². The zero-order chi connectivity index (χ0) is 7.56. The van der Waals surface area contributed by atoms with Crippen molar-refractivity contribution in [1.29, 1.82) is 0 Å². The molecule has 0 aliphatic carbocycles. The Morgan fingerprint density at radius 1 is 1.50 bits per heavy atom. The maximum atomic E-state index is 5.77. The third kappa shape index (κ3) is 1.86. The van der Waals surface area contributed by atoms with Gasteiger partial charge in [-0.1, -0.05) is 23.5 Å². The van der Waals surface area contributed by atoms with Crippen molar-refractivity contribution in [2.45, 2.75) is 4.90 Å². The summed E-state index contributed by atoms with van der Waals surface area (Å²) in [7, 11) is 0.0763. The van der Waals surface area contributed by atoms with Gasteiger partial charge in [-0.25, -0.2) is 0 Å². The summed E-state index contributed by atoms with van der Waals surface area (Å²) in [4.78, 5) is 1.22. The molecule has 0 nitrogen and oxygen atoms in total. The van der Waals surface area contributed by atoms with E-state index in [1.807, 2.05) is 24.3 Å². The maximum absolute atomic E-state index is 5.77. The summed E-state index contributed by atoms with van der Waals surface area (Å²) in [6, 6.07) is 7.82. The van der Waals surface area contributed by atoms with Crippen LogP contribution in [0.3, 0.4) is 0 Å². The molecule has 1 unspecified atom stereocenters. The first-order valence-corrected chi connectivity index (χ1v) is 5.09. The lowest BCUT2D eigenvalue weighted by Crippen LogP contribution is -1.70. The summed E-state index contributed by atoms with van der Waals surface area (Å²) in [6.45, 7) is 0. The highest BCUT2D eigenvalue weighted by Crippen LogP contribution is 2.22. The Bertz CT molecular complexity index is 255. The SMILES string of the molecule is C=S(C)c1cccc(Cl)c1. The molecule has 0 radical (unpaired) electrons. The van der Waals surface area contributed by atoms with E-state index in [4.69, 9.17) is 11.6 Å². The number of hydrogen-bond acceptors (Lipinski definition) is 0. The van der Waals surface area contributed by atoms with Crippen molar-refractivity contribution in [2.24, 2.45) is 0 Å². The fourth-order valence-electron chi connectivity index (χ4n) is 0.684. The van der Waals surface area contributed by atoms with Crippen LogP contribution in [0.1, 0.15) is 0 Å². The maximum Gasteiger partial charge on any atom is 0.0416 e. The zero-order valence-electron chi connectivity index (χ0n) is 5.80. The lowest BCUT2D eigenvalue weighted by molar-refractivity contribution is 1.47. The molecule has 0 amide bonds. The van der Waals surface area contributed by atoms with Crippen LogP contribution in [0.4, 0.5) is 0 Å². The van der Waals surface area contributed by atoms with E-state index < -0.39 is 0 Å². The average Bonchev–Trinajstić information content (AvgIpc) is 1.88. The summed E-state index contributed by atoms with van der Waals surface area (Å²) < 4.78 is 0. The molecule has 2 heteroatoms. The summed E-state index contributed by atoms with van der Waals surface area (Å²) in [5, 5.41) is 0.792. The first-order valence-electron chi connectivity index (χ1n) is 2.91. The predicted octanol–water partition coefficient (Wildman–Crippen LogP) is 3.03. The molecule has 0 fully saturated rings. The van der Waals surface area contributed by atoms with Gasteiger partial charge >= 0.3 is 0 Å². The Morgan fingerprint density at radius 3 is 2.60 bits per heavy atom. The number of rotatable bonds is 1. The van der Waals surface area contributed by atoms with Crippen molar-refractivity contribution in [3.05, 3.63) is 29.3 Å². The molecule has 54 valence electrons. The summed E-state index contributed by atoms with van der Waals surface area (Å²) in [6.07, 6.45) is 2.08. The van der Waals surface area contributed by atoms with Gasteiger partial charge in [0.15, 0.2) is 0 Å². The Kier molecular flexibility index (Phi) is 2.52. The molecule has 0 spiro atoms. The highest BCUT2D eigenvalue weighted by Gasteiger charge is 1.90. The molecule has 10 heavy (non-hydrogen) atoms. The second-order valence-corrected chi connectivity index (χ2v) is 4.28. The monoisotopic (exact) mass is 172 g/mol. The summed E-state index contributed by atoms with van der Waals surface area (Å²) in [5.41, 5.74) is 0. The molecular weight excluding hydrogens is 164 g/mol. The Hall–Kier alpha value is -0.270. The lowest BCUT2D eigenvalue weighted by atomic mass is 10.4. The van der Waals surface area contributed by atoms with E-state index in [0.29, 0.717) is 0 Å². The van der Waals surface area contributed by atoms with Crippen LogP contribution in [0.25, 0.3) is 0 Å². The van der Waals surface area contributed by atoms with Crippen LogP contribution < -0.4 is 0 Å². The van der Waals surface area contributed by atoms with Crippen LogP contribution in [-0.2, 0) is 0 Å². The van der Waals surface area contributed by atoms with Crippen LogP contribution in [-0.4, -0.2) is 12.1 Å². The lowest BCUT2D eigenvalue weighted by Gasteiger charge is -1.99. The first-order chi connectivity index (χ1) is 4.70. The highest BCUT2D eigenvalue weighted by atomic mass is 35.5. The van der Waals surface area contributed by atoms with E-state index in [9.17, 15) is 0 Å². The molecule has 0 aliphatic rings. The molecule has 0 saturated carbocycles. The van der Waals surface area contributed by atoms with Crippen molar-refractivity contribution in [3.8, 4) is 0 Å².